The molecule has 1 aliphatic rings. The predicted molar refractivity (Wildman–Crippen MR) is 46.3 cm³/mol. The summed E-state index contributed by atoms with van der Waals surface area (Å²) in [6.45, 7) is 0.926. The molecule has 7 heteroatoms. The lowest BCUT2D eigenvalue weighted by Gasteiger charge is -2.42. The van der Waals surface area contributed by atoms with E-state index in [1.165, 1.54) is 0 Å². The highest BCUT2D eigenvalue weighted by molar-refractivity contribution is 6.02. The lowest BCUT2D eigenvalue weighted by molar-refractivity contribution is -0.179. The van der Waals surface area contributed by atoms with Gasteiger partial charge in [-0.2, -0.15) is 0 Å². The SMILES string of the molecule is CCOC(=O)C1(C(=O)O)CN(C(=O)O)C1. The average molecular weight is 217 g/mol. The van der Waals surface area contributed by atoms with Crippen LogP contribution in [-0.2, 0) is 14.3 Å². The Labute approximate surface area is 85.2 Å². The second kappa shape index (κ2) is 3.76. The van der Waals surface area contributed by atoms with Gasteiger partial charge < -0.3 is 19.8 Å². The van der Waals surface area contributed by atoms with E-state index in [0.29, 0.717) is 0 Å². The van der Waals surface area contributed by atoms with Crippen LogP contribution in [0.5, 0.6) is 0 Å². The van der Waals surface area contributed by atoms with Crippen molar-refractivity contribution in [1.82, 2.24) is 4.90 Å². The highest BCUT2D eigenvalue weighted by atomic mass is 16.5. The number of nitrogens with zero attached hydrogens (tertiary/aromatic N) is 1. The first-order chi connectivity index (χ1) is 6.94. The highest BCUT2D eigenvalue weighted by Crippen LogP contribution is 2.32. The van der Waals surface area contributed by atoms with Crippen LogP contribution in [0, 0.1) is 5.41 Å². The maximum atomic E-state index is 11.3. The minimum atomic E-state index is -1.71. The van der Waals surface area contributed by atoms with Crippen LogP contribution in [0.3, 0.4) is 0 Å². The molecule has 84 valence electrons. The van der Waals surface area contributed by atoms with E-state index >= 15 is 0 Å². The van der Waals surface area contributed by atoms with Crippen molar-refractivity contribution in [2.24, 2.45) is 5.41 Å². The quantitative estimate of drug-likeness (QED) is 0.493. The van der Waals surface area contributed by atoms with Crippen molar-refractivity contribution < 1.29 is 29.3 Å². The molecule has 2 N–H and O–H groups in total. The predicted octanol–water partition coefficient (Wildman–Crippen LogP) is -0.386. The first-order valence-corrected chi connectivity index (χ1v) is 4.32. The molecule has 0 radical (unpaired) electrons. The number of ether oxygens (including phenoxy) is 1. The van der Waals surface area contributed by atoms with Gasteiger partial charge in [0, 0.05) is 0 Å². The molecule has 0 saturated carbocycles. The van der Waals surface area contributed by atoms with Gasteiger partial charge in [-0.25, -0.2) is 4.79 Å². The number of esters is 1. The summed E-state index contributed by atoms with van der Waals surface area (Å²) >= 11 is 0. The van der Waals surface area contributed by atoms with Gasteiger partial charge in [-0.3, -0.25) is 9.59 Å². The summed E-state index contributed by atoms with van der Waals surface area (Å²) in [5.41, 5.74) is -1.71. The summed E-state index contributed by atoms with van der Waals surface area (Å²) in [6, 6.07) is 0. The van der Waals surface area contributed by atoms with Crippen LogP contribution in [0.2, 0.25) is 0 Å². The molecule has 7 nitrogen and oxygen atoms in total. The van der Waals surface area contributed by atoms with Crippen molar-refractivity contribution in [3.63, 3.8) is 0 Å². The number of likely N-dealkylation sites (tertiary alicyclic amines) is 1. The van der Waals surface area contributed by atoms with Crippen LogP contribution in [0.15, 0.2) is 0 Å². The molecule has 0 aromatic rings. The van der Waals surface area contributed by atoms with Gasteiger partial charge in [-0.1, -0.05) is 0 Å². The minimum absolute atomic E-state index is 0.0704. The molecule has 1 saturated heterocycles. The number of carbonyl (C=O) groups excluding carboxylic acids is 1. The Balaban J connectivity index is 2.74. The second-order valence-corrected chi connectivity index (χ2v) is 3.25. The summed E-state index contributed by atoms with van der Waals surface area (Å²) in [5, 5.41) is 17.4. The van der Waals surface area contributed by atoms with E-state index in [9.17, 15) is 14.4 Å². The highest BCUT2D eigenvalue weighted by Gasteiger charge is 2.58. The van der Waals surface area contributed by atoms with Gasteiger partial charge in [-0.15, -0.1) is 0 Å². The molecule has 15 heavy (non-hydrogen) atoms. The van der Waals surface area contributed by atoms with E-state index in [1.807, 2.05) is 0 Å². The standard InChI is InChI=1S/C8H11NO6/c1-2-15-6(12)8(5(10)11)3-9(4-8)7(13)14/h2-4H2,1H3,(H,10,11)(H,13,14). The number of carbonyl (C=O) groups is 3. The average Bonchev–Trinajstić information content (AvgIpc) is 2.00. The molecule has 1 heterocycles. The molecule has 0 aromatic heterocycles. The van der Waals surface area contributed by atoms with Crippen molar-refractivity contribution in [3.8, 4) is 0 Å². The van der Waals surface area contributed by atoms with Gasteiger partial charge in [0.05, 0.1) is 19.7 Å². The molecule has 0 bridgehead atoms. The van der Waals surface area contributed by atoms with Crippen LogP contribution < -0.4 is 0 Å². The van der Waals surface area contributed by atoms with Gasteiger partial charge in [0.15, 0.2) is 5.41 Å². The van der Waals surface area contributed by atoms with Gasteiger partial charge in [0.25, 0.3) is 0 Å². The fourth-order valence-corrected chi connectivity index (χ4v) is 1.36. The van der Waals surface area contributed by atoms with Gasteiger partial charge in [0.1, 0.15) is 0 Å². The molecule has 1 rings (SSSR count). The Bertz CT molecular complexity index is 306. The zero-order chi connectivity index (χ0) is 11.6. The van der Waals surface area contributed by atoms with Gasteiger partial charge in [-0.05, 0) is 6.92 Å². The second-order valence-electron chi connectivity index (χ2n) is 3.25. The lowest BCUT2D eigenvalue weighted by Crippen LogP contribution is -2.66. The van der Waals surface area contributed by atoms with Crippen LogP contribution in [0.1, 0.15) is 6.92 Å². The molecule has 0 unspecified atom stereocenters. The number of hydrogen-bond acceptors (Lipinski definition) is 4. The van der Waals surface area contributed by atoms with Crippen molar-refractivity contribution >= 4 is 18.0 Å². The topological polar surface area (TPSA) is 104 Å². The number of carboxylic acid groups (broad SMARTS) is 2. The minimum Gasteiger partial charge on any atom is -0.480 e. The van der Waals surface area contributed by atoms with Gasteiger partial charge >= 0.3 is 18.0 Å². The number of hydrogen-bond donors (Lipinski definition) is 2. The molecule has 0 spiro atoms. The van der Waals surface area contributed by atoms with E-state index in [1.54, 1.807) is 6.92 Å². The molecule has 0 aliphatic carbocycles. The lowest BCUT2D eigenvalue weighted by atomic mass is 9.80. The third-order valence-corrected chi connectivity index (χ3v) is 2.27. The molecular formula is C8H11NO6. The van der Waals surface area contributed by atoms with Crippen LogP contribution >= 0.6 is 0 Å². The van der Waals surface area contributed by atoms with Crippen molar-refractivity contribution in [2.75, 3.05) is 19.7 Å². The monoisotopic (exact) mass is 217 g/mol. The van der Waals surface area contributed by atoms with Crippen molar-refractivity contribution in [2.45, 2.75) is 6.92 Å². The van der Waals surface area contributed by atoms with E-state index in [4.69, 9.17) is 10.2 Å². The van der Waals surface area contributed by atoms with Gasteiger partial charge in [0.2, 0.25) is 0 Å². The number of rotatable bonds is 3. The molecule has 1 fully saturated rings. The number of aliphatic carboxylic acids is 1. The fourth-order valence-electron chi connectivity index (χ4n) is 1.36. The normalized spacial score (nSPS) is 17.8. The first-order valence-electron chi connectivity index (χ1n) is 4.32. The van der Waals surface area contributed by atoms with E-state index in [2.05, 4.69) is 4.74 Å². The Hall–Kier alpha value is -1.79. The largest absolute Gasteiger partial charge is 0.480 e. The zero-order valence-corrected chi connectivity index (χ0v) is 8.10. The third-order valence-electron chi connectivity index (χ3n) is 2.27. The summed E-state index contributed by atoms with van der Waals surface area (Å²) in [5.74, 6) is -2.23. The first kappa shape index (κ1) is 11.3. The van der Waals surface area contributed by atoms with Crippen LogP contribution in [-0.4, -0.2) is 52.8 Å². The molecule has 1 amide bonds. The maximum absolute atomic E-state index is 11.3. The Morgan fingerprint density at radius 2 is 1.87 bits per heavy atom. The third kappa shape index (κ3) is 1.72. The van der Waals surface area contributed by atoms with Crippen LogP contribution in [0.25, 0.3) is 0 Å². The van der Waals surface area contributed by atoms with Crippen molar-refractivity contribution in [3.05, 3.63) is 0 Å². The zero-order valence-electron chi connectivity index (χ0n) is 8.10. The summed E-state index contributed by atoms with van der Waals surface area (Å²) in [7, 11) is 0. The summed E-state index contributed by atoms with van der Waals surface area (Å²) in [6.07, 6.45) is -1.24. The Morgan fingerprint density at radius 1 is 1.33 bits per heavy atom. The Morgan fingerprint density at radius 3 is 2.20 bits per heavy atom. The molecule has 1 aliphatic heterocycles. The molecular weight excluding hydrogens is 206 g/mol. The van der Waals surface area contributed by atoms with Crippen LogP contribution in [0.4, 0.5) is 4.79 Å². The number of amides is 1. The summed E-state index contributed by atoms with van der Waals surface area (Å²) in [4.78, 5) is 33.5. The van der Waals surface area contributed by atoms with Crippen molar-refractivity contribution in [1.29, 1.82) is 0 Å². The molecule has 0 aromatic carbocycles. The Kier molecular flexibility index (Phi) is 2.83. The summed E-state index contributed by atoms with van der Waals surface area (Å²) < 4.78 is 4.60. The molecule has 0 atom stereocenters. The van der Waals surface area contributed by atoms with E-state index in [0.717, 1.165) is 4.90 Å². The smallest absolute Gasteiger partial charge is 0.407 e. The number of carboxylic acids is 1. The fraction of sp³-hybridized carbons (Fsp3) is 0.625. The van der Waals surface area contributed by atoms with E-state index < -0.39 is 23.4 Å². The maximum Gasteiger partial charge on any atom is 0.407 e. The van der Waals surface area contributed by atoms with E-state index in [-0.39, 0.29) is 19.7 Å².